The van der Waals surface area contributed by atoms with E-state index in [2.05, 4.69) is 0 Å². The van der Waals surface area contributed by atoms with Crippen LogP contribution in [0.25, 0.3) is 0 Å². The summed E-state index contributed by atoms with van der Waals surface area (Å²) in [7, 11) is 0. The fourth-order valence-electron chi connectivity index (χ4n) is 2.27. The highest BCUT2D eigenvalue weighted by Crippen LogP contribution is 2.24. The van der Waals surface area contributed by atoms with E-state index in [-0.39, 0.29) is 24.9 Å². The van der Waals surface area contributed by atoms with E-state index in [1.54, 1.807) is 29.2 Å². The van der Waals surface area contributed by atoms with Gasteiger partial charge in [-0.05, 0) is 24.5 Å². The highest BCUT2D eigenvalue weighted by atomic mass is 35.5. The van der Waals surface area contributed by atoms with Crippen LogP contribution in [0.5, 0.6) is 5.75 Å². The van der Waals surface area contributed by atoms with Crippen molar-refractivity contribution in [1.29, 1.82) is 0 Å². The number of carboxylic acid groups (broad SMARTS) is 1. The first-order chi connectivity index (χ1) is 9.56. The summed E-state index contributed by atoms with van der Waals surface area (Å²) in [6.45, 7) is 0.989. The van der Waals surface area contributed by atoms with Crippen molar-refractivity contribution in [2.24, 2.45) is 5.92 Å². The van der Waals surface area contributed by atoms with E-state index in [1.807, 2.05) is 0 Å². The molecule has 1 N–H and O–H groups in total. The van der Waals surface area contributed by atoms with Crippen LogP contribution in [0, 0.1) is 5.92 Å². The molecule has 0 spiro atoms. The van der Waals surface area contributed by atoms with Gasteiger partial charge >= 0.3 is 5.97 Å². The van der Waals surface area contributed by atoms with Gasteiger partial charge in [0.05, 0.1) is 5.02 Å². The minimum absolute atomic E-state index is 0.0387. The van der Waals surface area contributed by atoms with Gasteiger partial charge in [-0.2, -0.15) is 0 Å². The van der Waals surface area contributed by atoms with Crippen molar-refractivity contribution in [3.8, 4) is 5.75 Å². The molecule has 1 saturated heterocycles. The lowest BCUT2D eigenvalue weighted by Gasteiger charge is -2.16. The van der Waals surface area contributed by atoms with E-state index < -0.39 is 5.97 Å². The van der Waals surface area contributed by atoms with Crippen molar-refractivity contribution in [1.82, 2.24) is 4.90 Å². The number of hydrogen-bond acceptors (Lipinski definition) is 3. The van der Waals surface area contributed by atoms with Gasteiger partial charge in [-0.1, -0.05) is 23.7 Å². The second-order valence-electron chi connectivity index (χ2n) is 4.81. The zero-order valence-corrected chi connectivity index (χ0v) is 11.7. The predicted molar refractivity (Wildman–Crippen MR) is 73.9 cm³/mol. The molecule has 2 rings (SSSR count). The summed E-state index contributed by atoms with van der Waals surface area (Å²) in [4.78, 5) is 24.3. The molecule has 0 bridgehead atoms. The number of hydrogen-bond donors (Lipinski definition) is 1. The molecule has 0 radical (unpaired) electrons. The van der Waals surface area contributed by atoms with Crippen LogP contribution in [0.2, 0.25) is 5.02 Å². The summed E-state index contributed by atoms with van der Waals surface area (Å²) in [6.07, 6.45) is 0.833. The molecule has 0 aliphatic carbocycles. The standard InChI is InChI=1S/C14H16ClNO4/c15-11-3-1-2-4-12(11)20-9-13(17)16-6-5-10(8-16)7-14(18)19/h1-4,10H,5-9H2,(H,18,19). The van der Waals surface area contributed by atoms with Crippen molar-refractivity contribution in [2.45, 2.75) is 12.8 Å². The van der Waals surface area contributed by atoms with Gasteiger partial charge in [0.15, 0.2) is 6.61 Å². The van der Waals surface area contributed by atoms with Crippen LogP contribution in [0.4, 0.5) is 0 Å². The van der Waals surface area contributed by atoms with E-state index in [1.165, 1.54) is 0 Å². The first-order valence-electron chi connectivity index (χ1n) is 6.43. The third-order valence-corrected chi connectivity index (χ3v) is 3.60. The fourth-order valence-corrected chi connectivity index (χ4v) is 2.46. The number of benzene rings is 1. The summed E-state index contributed by atoms with van der Waals surface area (Å²) in [5, 5.41) is 9.20. The van der Waals surface area contributed by atoms with E-state index in [9.17, 15) is 9.59 Å². The Morgan fingerprint density at radius 2 is 2.15 bits per heavy atom. The SMILES string of the molecule is O=C(O)CC1CCN(C(=O)COc2ccccc2Cl)C1. The predicted octanol–water partition coefficient (Wildman–Crippen LogP) is 2.04. The molecule has 1 aromatic rings. The van der Waals surface area contributed by atoms with E-state index in [4.69, 9.17) is 21.4 Å². The minimum atomic E-state index is -0.823. The van der Waals surface area contributed by atoms with Gasteiger partial charge in [0.2, 0.25) is 0 Å². The van der Waals surface area contributed by atoms with Crippen LogP contribution in [-0.2, 0) is 9.59 Å². The number of para-hydroxylation sites is 1. The highest BCUT2D eigenvalue weighted by Gasteiger charge is 2.27. The summed E-state index contributed by atoms with van der Waals surface area (Å²) >= 11 is 5.93. The Hall–Kier alpha value is -1.75. The third-order valence-electron chi connectivity index (χ3n) is 3.29. The fraction of sp³-hybridized carbons (Fsp3) is 0.429. The van der Waals surface area contributed by atoms with Crippen LogP contribution in [0.15, 0.2) is 24.3 Å². The van der Waals surface area contributed by atoms with Crippen molar-refractivity contribution in [3.05, 3.63) is 29.3 Å². The maximum absolute atomic E-state index is 12.0. The monoisotopic (exact) mass is 297 g/mol. The van der Waals surface area contributed by atoms with Gasteiger partial charge in [-0.3, -0.25) is 9.59 Å². The zero-order valence-electron chi connectivity index (χ0n) is 10.9. The van der Waals surface area contributed by atoms with Crippen LogP contribution >= 0.6 is 11.6 Å². The molecule has 6 heteroatoms. The molecule has 1 aliphatic rings. The van der Waals surface area contributed by atoms with Gasteiger partial charge in [0.1, 0.15) is 5.75 Å². The number of halogens is 1. The molecule has 0 saturated carbocycles. The molecule has 108 valence electrons. The van der Waals surface area contributed by atoms with Gasteiger partial charge < -0.3 is 14.7 Å². The topological polar surface area (TPSA) is 66.8 Å². The number of likely N-dealkylation sites (tertiary alicyclic amines) is 1. The Morgan fingerprint density at radius 3 is 2.85 bits per heavy atom. The number of amides is 1. The molecule has 1 unspecified atom stereocenters. The van der Waals surface area contributed by atoms with Gasteiger partial charge in [0, 0.05) is 19.5 Å². The zero-order chi connectivity index (χ0) is 14.5. The van der Waals surface area contributed by atoms with Gasteiger partial charge in [0.25, 0.3) is 5.91 Å². The molecule has 1 aromatic carbocycles. The number of aliphatic carboxylic acids is 1. The Labute approximate surface area is 122 Å². The lowest BCUT2D eigenvalue weighted by Crippen LogP contribution is -2.33. The van der Waals surface area contributed by atoms with Crippen LogP contribution in [0.3, 0.4) is 0 Å². The van der Waals surface area contributed by atoms with Crippen LogP contribution in [0.1, 0.15) is 12.8 Å². The summed E-state index contributed by atoms with van der Waals surface area (Å²) in [5.74, 6) is -0.449. The Kier molecular flexibility index (Phi) is 4.84. The molecule has 1 fully saturated rings. The molecule has 1 heterocycles. The Balaban J connectivity index is 1.81. The van der Waals surface area contributed by atoms with Crippen molar-refractivity contribution >= 4 is 23.5 Å². The molecule has 20 heavy (non-hydrogen) atoms. The Morgan fingerprint density at radius 1 is 1.40 bits per heavy atom. The molecule has 1 aliphatic heterocycles. The first kappa shape index (κ1) is 14.7. The molecule has 1 amide bonds. The average molecular weight is 298 g/mol. The Bertz CT molecular complexity index is 506. The van der Waals surface area contributed by atoms with Crippen molar-refractivity contribution in [3.63, 3.8) is 0 Å². The van der Waals surface area contributed by atoms with Gasteiger partial charge in [-0.25, -0.2) is 0 Å². The second-order valence-corrected chi connectivity index (χ2v) is 5.22. The number of rotatable bonds is 5. The van der Waals surface area contributed by atoms with E-state index in [0.717, 1.165) is 6.42 Å². The second kappa shape index (κ2) is 6.61. The van der Waals surface area contributed by atoms with Crippen LogP contribution in [-0.4, -0.2) is 41.6 Å². The number of ether oxygens (including phenoxy) is 1. The minimum Gasteiger partial charge on any atom is -0.482 e. The number of carboxylic acids is 1. The lowest BCUT2D eigenvalue weighted by atomic mass is 10.1. The van der Waals surface area contributed by atoms with E-state index >= 15 is 0 Å². The summed E-state index contributed by atoms with van der Waals surface area (Å²) in [5.41, 5.74) is 0. The lowest BCUT2D eigenvalue weighted by molar-refractivity contribution is -0.138. The number of nitrogens with zero attached hydrogens (tertiary/aromatic N) is 1. The maximum Gasteiger partial charge on any atom is 0.303 e. The normalized spacial score (nSPS) is 18.1. The maximum atomic E-state index is 12.0. The average Bonchev–Trinajstić information content (AvgIpc) is 2.85. The first-order valence-corrected chi connectivity index (χ1v) is 6.81. The van der Waals surface area contributed by atoms with Crippen LogP contribution < -0.4 is 4.74 Å². The quantitative estimate of drug-likeness (QED) is 0.903. The largest absolute Gasteiger partial charge is 0.482 e. The van der Waals surface area contributed by atoms with E-state index in [0.29, 0.717) is 23.9 Å². The number of carbonyl (C=O) groups is 2. The molecular weight excluding hydrogens is 282 g/mol. The summed E-state index contributed by atoms with van der Waals surface area (Å²) < 4.78 is 5.39. The third kappa shape index (κ3) is 3.87. The highest BCUT2D eigenvalue weighted by molar-refractivity contribution is 6.32. The van der Waals surface area contributed by atoms with Crippen molar-refractivity contribution < 1.29 is 19.4 Å². The molecule has 0 aromatic heterocycles. The summed E-state index contributed by atoms with van der Waals surface area (Å²) in [6, 6.07) is 6.96. The molecule has 1 atom stereocenters. The molecular formula is C14H16ClNO4. The smallest absolute Gasteiger partial charge is 0.303 e. The molecule has 5 nitrogen and oxygen atoms in total. The van der Waals surface area contributed by atoms with Crippen molar-refractivity contribution in [2.75, 3.05) is 19.7 Å². The number of carbonyl (C=O) groups excluding carboxylic acids is 1. The van der Waals surface area contributed by atoms with Gasteiger partial charge in [-0.15, -0.1) is 0 Å².